The van der Waals surface area contributed by atoms with Crippen molar-refractivity contribution in [3.63, 3.8) is 0 Å². The van der Waals surface area contributed by atoms with Crippen LogP contribution in [0.2, 0.25) is 0 Å². The Kier molecular flexibility index (Phi) is 7.62. The number of halogens is 2. The highest BCUT2D eigenvalue weighted by atomic mass is 32.2. The third kappa shape index (κ3) is 5.26. The Labute approximate surface area is 147 Å². The minimum absolute atomic E-state index is 0.0729. The molecule has 0 bridgehead atoms. The Morgan fingerprint density at radius 2 is 2.12 bits per heavy atom. The summed E-state index contributed by atoms with van der Waals surface area (Å²) < 4.78 is 27.8. The maximum atomic E-state index is 13.9. The van der Waals surface area contributed by atoms with Gasteiger partial charge in [0.05, 0.1) is 0 Å². The summed E-state index contributed by atoms with van der Waals surface area (Å²) in [5.41, 5.74) is 0.0729. The number of rotatable bonds is 7. The smallest absolute Gasteiger partial charge is 0.191 e. The number of benzene rings is 1. The molecule has 2 rings (SSSR count). The van der Waals surface area contributed by atoms with E-state index < -0.39 is 11.6 Å². The number of nitrogens with zero attached hydrogens (tertiary/aromatic N) is 2. The maximum absolute atomic E-state index is 13.9. The quantitative estimate of drug-likeness (QED) is 0.448. The van der Waals surface area contributed by atoms with Gasteiger partial charge in [-0.25, -0.2) is 8.78 Å². The van der Waals surface area contributed by atoms with Crippen LogP contribution in [0.15, 0.2) is 23.2 Å². The van der Waals surface area contributed by atoms with E-state index in [2.05, 4.69) is 21.9 Å². The first-order valence-electron chi connectivity index (χ1n) is 8.38. The molecule has 4 nitrogen and oxygen atoms in total. The van der Waals surface area contributed by atoms with Crippen molar-refractivity contribution in [1.82, 2.24) is 10.6 Å². The van der Waals surface area contributed by atoms with Crippen LogP contribution in [-0.4, -0.2) is 50.2 Å². The molecule has 1 aromatic rings. The van der Waals surface area contributed by atoms with Crippen LogP contribution in [0.4, 0.5) is 14.5 Å². The lowest BCUT2D eigenvalue weighted by Gasteiger charge is -2.21. The fourth-order valence-electron chi connectivity index (χ4n) is 2.79. The number of thioether (sulfide) groups is 1. The van der Waals surface area contributed by atoms with E-state index in [9.17, 15) is 8.78 Å². The topological polar surface area (TPSA) is 39.7 Å². The van der Waals surface area contributed by atoms with Crippen molar-refractivity contribution in [2.75, 3.05) is 43.1 Å². The van der Waals surface area contributed by atoms with Gasteiger partial charge in [0.25, 0.3) is 0 Å². The van der Waals surface area contributed by atoms with Gasteiger partial charge in [0.2, 0.25) is 0 Å². The molecule has 0 aromatic heterocycles. The molecular weight excluding hydrogens is 330 g/mol. The lowest BCUT2D eigenvalue weighted by atomic mass is 10.2. The summed E-state index contributed by atoms with van der Waals surface area (Å²) in [4.78, 5) is 6.33. The zero-order valence-corrected chi connectivity index (χ0v) is 15.1. The normalized spacial score (nSPS) is 18.1. The van der Waals surface area contributed by atoms with Crippen molar-refractivity contribution in [3.05, 3.63) is 29.8 Å². The predicted octanol–water partition coefficient (Wildman–Crippen LogP) is 2.85. The average molecular weight is 356 g/mol. The Hall–Kier alpha value is -1.50. The van der Waals surface area contributed by atoms with Gasteiger partial charge in [-0.05, 0) is 43.9 Å². The van der Waals surface area contributed by atoms with E-state index in [0.717, 1.165) is 37.6 Å². The molecule has 24 heavy (non-hydrogen) atoms. The molecule has 1 heterocycles. The molecule has 1 aromatic carbocycles. The molecule has 7 heteroatoms. The average Bonchev–Trinajstić information content (AvgIpc) is 2.99. The molecule has 1 aliphatic heterocycles. The number of hydrogen-bond donors (Lipinski definition) is 2. The molecule has 1 aliphatic rings. The van der Waals surface area contributed by atoms with Crippen LogP contribution in [0.3, 0.4) is 0 Å². The standard InChI is InChI=1S/C17H26F2N4S/c1-3-20-17(21-9-5-11-24-2)22-13-8-10-23(12-13)16-14(18)6-4-7-15(16)19/h4,6-7,13H,3,5,8-12H2,1-2H3,(H2,20,21,22). The molecule has 0 amide bonds. The van der Waals surface area contributed by atoms with Gasteiger partial charge >= 0.3 is 0 Å². The van der Waals surface area contributed by atoms with Gasteiger partial charge in [-0.3, -0.25) is 4.99 Å². The molecule has 1 saturated heterocycles. The number of anilines is 1. The monoisotopic (exact) mass is 356 g/mol. The van der Waals surface area contributed by atoms with Gasteiger partial charge in [-0.1, -0.05) is 6.07 Å². The fraction of sp³-hybridized carbons (Fsp3) is 0.588. The highest BCUT2D eigenvalue weighted by Crippen LogP contribution is 2.26. The highest BCUT2D eigenvalue weighted by molar-refractivity contribution is 7.98. The third-order valence-corrected chi connectivity index (χ3v) is 4.60. The van der Waals surface area contributed by atoms with E-state index >= 15 is 0 Å². The van der Waals surface area contributed by atoms with Gasteiger partial charge in [-0.2, -0.15) is 11.8 Å². The largest absolute Gasteiger partial charge is 0.365 e. The van der Waals surface area contributed by atoms with Crippen LogP contribution >= 0.6 is 11.8 Å². The van der Waals surface area contributed by atoms with Crippen LogP contribution in [0, 0.1) is 11.6 Å². The van der Waals surface area contributed by atoms with Crippen molar-refractivity contribution in [1.29, 1.82) is 0 Å². The van der Waals surface area contributed by atoms with Crippen LogP contribution < -0.4 is 15.5 Å². The second-order valence-corrected chi connectivity index (χ2v) is 6.74. The summed E-state index contributed by atoms with van der Waals surface area (Å²) in [5, 5.41) is 6.61. The molecule has 1 unspecified atom stereocenters. The van der Waals surface area contributed by atoms with Gasteiger partial charge in [0.15, 0.2) is 5.96 Å². The lowest BCUT2D eigenvalue weighted by Crippen LogP contribution is -2.44. The Bertz CT molecular complexity index is 533. The Morgan fingerprint density at radius 1 is 1.38 bits per heavy atom. The number of para-hydroxylation sites is 1. The third-order valence-electron chi connectivity index (χ3n) is 3.90. The van der Waals surface area contributed by atoms with Crippen molar-refractivity contribution >= 4 is 23.4 Å². The van der Waals surface area contributed by atoms with E-state index in [1.54, 1.807) is 4.90 Å². The molecule has 134 valence electrons. The number of guanidine groups is 1. The van der Waals surface area contributed by atoms with Gasteiger partial charge in [0, 0.05) is 32.2 Å². The maximum Gasteiger partial charge on any atom is 0.191 e. The van der Waals surface area contributed by atoms with E-state index in [1.807, 2.05) is 18.7 Å². The number of hydrogen-bond acceptors (Lipinski definition) is 3. The summed E-state index contributed by atoms with van der Waals surface area (Å²) in [6.45, 7) is 4.77. The number of nitrogens with one attached hydrogen (secondary N) is 2. The SMILES string of the molecule is CCNC(=NCCCSC)NC1CCN(c2c(F)cccc2F)C1. The van der Waals surface area contributed by atoms with E-state index in [4.69, 9.17) is 0 Å². The van der Waals surface area contributed by atoms with Gasteiger partial charge < -0.3 is 15.5 Å². The van der Waals surface area contributed by atoms with E-state index in [1.165, 1.54) is 18.2 Å². The summed E-state index contributed by atoms with van der Waals surface area (Å²) in [5.74, 6) is 0.855. The minimum Gasteiger partial charge on any atom is -0.365 e. The van der Waals surface area contributed by atoms with Crippen LogP contribution in [0.25, 0.3) is 0 Å². The first kappa shape index (κ1) is 18.8. The zero-order chi connectivity index (χ0) is 17.4. The fourth-order valence-corrected chi connectivity index (χ4v) is 3.20. The minimum atomic E-state index is -0.506. The van der Waals surface area contributed by atoms with Crippen molar-refractivity contribution in [2.24, 2.45) is 4.99 Å². The molecule has 0 aliphatic carbocycles. The molecular formula is C17H26F2N4S. The molecule has 0 saturated carbocycles. The number of aliphatic imine (C=N–C) groups is 1. The molecule has 0 spiro atoms. The zero-order valence-electron chi connectivity index (χ0n) is 14.3. The Balaban J connectivity index is 1.94. The van der Waals surface area contributed by atoms with Crippen molar-refractivity contribution < 1.29 is 8.78 Å². The summed E-state index contributed by atoms with van der Waals surface area (Å²) in [6.07, 6.45) is 3.94. The second-order valence-electron chi connectivity index (χ2n) is 5.75. The summed E-state index contributed by atoms with van der Waals surface area (Å²) in [6, 6.07) is 4.12. The summed E-state index contributed by atoms with van der Waals surface area (Å²) in [7, 11) is 0. The van der Waals surface area contributed by atoms with Crippen LogP contribution in [0.5, 0.6) is 0 Å². The summed E-state index contributed by atoms with van der Waals surface area (Å²) >= 11 is 1.81. The Morgan fingerprint density at radius 3 is 2.79 bits per heavy atom. The molecule has 0 radical (unpaired) electrons. The first-order valence-corrected chi connectivity index (χ1v) is 9.77. The highest BCUT2D eigenvalue weighted by Gasteiger charge is 2.27. The van der Waals surface area contributed by atoms with Crippen LogP contribution in [0.1, 0.15) is 19.8 Å². The molecule has 2 N–H and O–H groups in total. The van der Waals surface area contributed by atoms with Crippen molar-refractivity contribution in [2.45, 2.75) is 25.8 Å². The van der Waals surface area contributed by atoms with Crippen molar-refractivity contribution in [3.8, 4) is 0 Å². The lowest BCUT2D eigenvalue weighted by molar-refractivity contribution is 0.576. The van der Waals surface area contributed by atoms with Gasteiger partial charge in [0.1, 0.15) is 17.3 Å². The van der Waals surface area contributed by atoms with E-state index in [-0.39, 0.29) is 11.7 Å². The van der Waals surface area contributed by atoms with Gasteiger partial charge in [-0.15, -0.1) is 0 Å². The predicted molar refractivity (Wildman–Crippen MR) is 99.1 cm³/mol. The molecule has 1 fully saturated rings. The van der Waals surface area contributed by atoms with Crippen LogP contribution in [-0.2, 0) is 0 Å². The molecule has 1 atom stereocenters. The first-order chi connectivity index (χ1) is 11.7. The van der Waals surface area contributed by atoms with E-state index in [0.29, 0.717) is 13.1 Å². The second kappa shape index (κ2) is 9.71.